The molecule has 13 heavy (non-hydrogen) atoms. The molecule has 0 atom stereocenters. The second kappa shape index (κ2) is 4.23. The predicted molar refractivity (Wildman–Crippen MR) is 53.2 cm³/mol. The highest BCUT2D eigenvalue weighted by atomic mass is 16.1. The molecule has 76 valence electrons. The molecule has 0 unspecified atom stereocenters. The van der Waals surface area contributed by atoms with Crippen LogP contribution in [0.1, 0.15) is 20.8 Å². The molecule has 0 saturated carbocycles. The lowest BCUT2D eigenvalue weighted by Crippen LogP contribution is -2.41. The number of aliphatic imine (C=N–C) groups is 1. The summed E-state index contributed by atoms with van der Waals surface area (Å²) in [6.07, 6.45) is 0. The molecule has 0 aliphatic rings. The summed E-state index contributed by atoms with van der Waals surface area (Å²) >= 11 is 0. The topological polar surface area (TPSA) is 84.7 Å². The van der Waals surface area contributed by atoms with Crippen molar-refractivity contribution >= 4 is 11.9 Å². The third-order valence-electron chi connectivity index (χ3n) is 1.77. The number of hydrogen-bond donors (Lipinski definition) is 2. The molecule has 0 aliphatic carbocycles. The molecule has 0 spiro atoms. The van der Waals surface area contributed by atoms with E-state index in [4.69, 9.17) is 11.5 Å². The Labute approximate surface area is 78.8 Å². The fourth-order valence-corrected chi connectivity index (χ4v) is 0.619. The van der Waals surface area contributed by atoms with Gasteiger partial charge in [0.25, 0.3) is 5.91 Å². The molecule has 0 saturated heterocycles. The molecule has 0 heterocycles. The molecule has 0 aromatic carbocycles. The van der Waals surface area contributed by atoms with Crippen LogP contribution in [0.4, 0.5) is 0 Å². The standard InChI is InChI=1S/C8H18N4O/c1-8(2,3)12(4)5-6(13)11-7(9)10/h5H2,1-4H3,(H4,9,10,11,13). The van der Waals surface area contributed by atoms with Crippen LogP contribution < -0.4 is 11.5 Å². The summed E-state index contributed by atoms with van der Waals surface area (Å²) in [5.41, 5.74) is 10.1. The summed E-state index contributed by atoms with van der Waals surface area (Å²) in [4.78, 5) is 16.4. The van der Waals surface area contributed by atoms with Gasteiger partial charge in [0.2, 0.25) is 0 Å². The zero-order valence-electron chi connectivity index (χ0n) is 8.66. The molecular weight excluding hydrogens is 168 g/mol. The van der Waals surface area contributed by atoms with E-state index in [1.807, 2.05) is 32.7 Å². The number of nitrogens with zero attached hydrogens (tertiary/aromatic N) is 2. The molecule has 0 aromatic heterocycles. The molecule has 1 amide bonds. The van der Waals surface area contributed by atoms with Crippen molar-refractivity contribution in [1.82, 2.24) is 4.90 Å². The Balaban J connectivity index is 4.16. The number of hydrogen-bond acceptors (Lipinski definition) is 2. The average molecular weight is 186 g/mol. The molecular formula is C8H18N4O. The van der Waals surface area contributed by atoms with Gasteiger partial charge in [-0.15, -0.1) is 0 Å². The van der Waals surface area contributed by atoms with Crippen LogP contribution in [0.15, 0.2) is 4.99 Å². The first-order valence-electron chi connectivity index (χ1n) is 4.07. The quantitative estimate of drug-likeness (QED) is 0.450. The number of guanidine groups is 1. The molecule has 5 heteroatoms. The van der Waals surface area contributed by atoms with Gasteiger partial charge in [0, 0.05) is 5.54 Å². The summed E-state index contributed by atoms with van der Waals surface area (Å²) in [6, 6.07) is 0. The zero-order chi connectivity index (χ0) is 10.6. The maximum absolute atomic E-state index is 11.1. The summed E-state index contributed by atoms with van der Waals surface area (Å²) < 4.78 is 0. The summed E-state index contributed by atoms with van der Waals surface area (Å²) in [7, 11) is 1.85. The molecule has 4 N–H and O–H groups in total. The first kappa shape index (κ1) is 11.9. The van der Waals surface area contributed by atoms with Crippen LogP contribution in [-0.4, -0.2) is 35.9 Å². The molecule has 0 rings (SSSR count). The van der Waals surface area contributed by atoms with E-state index in [9.17, 15) is 4.79 Å². The van der Waals surface area contributed by atoms with Crippen LogP contribution in [0.3, 0.4) is 0 Å². The Kier molecular flexibility index (Phi) is 3.87. The van der Waals surface area contributed by atoms with E-state index in [2.05, 4.69) is 4.99 Å². The van der Waals surface area contributed by atoms with Crippen molar-refractivity contribution in [3.8, 4) is 0 Å². The van der Waals surface area contributed by atoms with Crippen LogP contribution in [-0.2, 0) is 4.79 Å². The summed E-state index contributed by atoms with van der Waals surface area (Å²) in [5.74, 6) is -0.510. The van der Waals surface area contributed by atoms with Gasteiger partial charge in [0.05, 0.1) is 6.54 Å². The van der Waals surface area contributed by atoms with Crippen LogP contribution in [0.2, 0.25) is 0 Å². The van der Waals surface area contributed by atoms with Crippen LogP contribution >= 0.6 is 0 Å². The molecule has 0 radical (unpaired) electrons. The SMILES string of the molecule is CN(CC(=O)N=C(N)N)C(C)(C)C. The third-order valence-corrected chi connectivity index (χ3v) is 1.77. The fourth-order valence-electron chi connectivity index (χ4n) is 0.619. The van der Waals surface area contributed by atoms with Gasteiger partial charge in [-0.1, -0.05) is 0 Å². The normalized spacial score (nSPS) is 11.5. The van der Waals surface area contributed by atoms with Crippen molar-refractivity contribution in [2.75, 3.05) is 13.6 Å². The van der Waals surface area contributed by atoms with Crippen LogP contribution in [0.25, 0.3) is 0 Å². The number of carbonyl (C=O) groups is 1. The smallest absolute Gasteiger partial charge is 0.263 e. The van der Waals surface area contributed by atoms with Gasteiger partial charge in [0.1, 0.15) is 0 Å². The summed E-state index contributed by atoms with van der Waals surface area (Å²) in [6.45, 7) is 6.25. The van der Waals surface area contributed by atoms with E-state index in [-0.39, 0.29) is 24.0 Å². The van der Waals surface area contributed by atoms with Gasteiger partial charge in [-0.3, -0.25) is 9.69 Å². The Morgan fingerprint density at radius 2 is 1.85 bits per heavy atom. The second-order valence-electron chi connectivity index (χ2n) is 3.96. The zero-order valence-corrected chi connectivity index (χ0v) is 8.66. The Morgan fingerprint density at radius 1 is 1.38 bits per heavy atom. The number of nitrogens with two attached hydrogens (primary N) is 2. The minimum absolute atomic E-state index is 0.0610. The fraction of sp³-hybridized carbons (Fsp3) is 0.750. The minimum atomic E-state index is -0.322. The Morgan fingerprint density at radius 3 is 2.15 bits per heavy atom. The van der Waals surface area contributed by atoms with E-state index in [0.29, 0.717) is 0 Å². The molecule has 0 aromatic rings. The molecule has 0 fully saturated rings. The maximum atomic E-state index is 11.1. The number of carbonyl (C=O) groups excluding carboxylic acids is 1. The van der Waals surface area contributed by atoms with Crippen molar-refractivity contribution < 1.29 is 4.79 Å². The van der Waals surface area contributed by atoms with E-state index in [1.165, 1.54) is 0 Å². The van der Waals surface area contributed by atoms with Crippen molar-refractivity contribution in [2.24, 2.45) is 16.5 Å². The average Bonchev–Trinajstić information content (AvgIpc) is 1.82. The van der Waals surface area contributed by atoms with Crippen molar-refractivity contribution in [3.63, 3.8) is 0 Å². The maximum Gasteiger partial charge on any atom is 0.263 e. The first-order valence-corrected chi connectivity index (χ1v) is 4.07. The van der Waals surface area contributed by atoms with Gasteiger partial charge in [-0.2, -0.15) is 4.99 Å². The van der Waals surface area contributed by atoms with Gasteiger partial charge < -0.3 is 11.5 Å². The van der Waals surface area contributed by atoms with Crippen molar-refractivity contribution in [1.29, 1.82) is 0 Å². The van der Waals surface area contributed by atoms with Crippen molar-refractivity contribution in [3.05, 3.63) is 0 Å². The molecule has 0 bridgehead atoms. The highest BCUT2D eigenvalue weighted by Crippen LogP contribution is 2.09. The van der Waals surface area contributed by atoms with E-state index in [0.717, 1.165) is 0 Å². The second-order valence-corrected chi connectivity index (χ2v) is 3.96. The third kappa shape index (κ3) is 5.19. The minimum Gasteiger partial charge on any atom is -0.370 e. The molecule has 5 nitrogen and oxygen atoms in total. The van der Waals surface area contributed by atoms with Gasteiger partial charge in [-0.05, 0) is 27.8 Å². The van der Waals surface area contributed by atoms with E-state index in [1.54, 1.807) is 0 Å². The number of likely N-dealkylation sites (N-methyl/N-ethyl adjacent to an activating group) is 1. The van der Waals surface area contributed by atoms with Gasteiger partial charge in [-0.25, -0.2) is 0 Å². The predicted octanol–water partition coefficient (Wildman–Crippen LogP) is -0.483. The molecule has 0 aliphatic heterocycles. The first-order chi connectivity index (χ1) is 5.73. The number of amides is 1. The highest BCUT2D eigenvalue weighted by Gasteiger charge is 2.18. The lowest BCUT2D eigenvalue weighted by molar-refractivity contribution is -0.119. The lowest BCUT2D eigenvalue weighted by atomic mass is 10.1. The van der Waals surface area contributed by atoms with Crippen LogP contribution in [0, 0.1) is 0 Å². The van der Waals surface area contributed by atoms with E-state index < -0.39 is 0 Å². The Hall–Kier alpha value is -1.10. The number of rotatable bonds is 2. The largest absolute Gasteiger partial charge is 0.370 e. The monoisotopic (exact) mass is 186 g/mol. The lowest BCUT2D eigenvalue weighted by Gasteiger charge is -2.30. The van der Waals surface area contributed by atoms with E-state index >= 15 is 0 Å². The van der Waals surface area contributed by atoms with Crippen molar-refractivity contribution in [2.45, 2.75) is 26.3 Å². The Bertz CT molecular complexity index is 213. The highest BCUT2D eigenvalue weighted by molar-refractivity contribution is 5.92. The summed E-state index contributed by atoms with van der Waals surface area (Å²) in [5, 5.41) is 0. The van der Waals surface area contributed by atoms with Gasteiger partial charge in [0.15, 0.2) is 5.96 Å². The van der Waals surface area contributed by atoms with Crippen LogP contribution in [0.5, 0.6) is 0 Å². The van der Waals surface area contributed by atoms with Gasteiger partial charge >= 0.3 is 0 Å².